The molecule has 1 N–H and O–H groups in total. The van der Waals surface area contributed by atoms with Crippen LogP contribution in [0.1, 0.15) is 35.7 Å². The lowest BCUT2D eigenvalue weighted by atomic mass is 10.1. The van der Waals surface area contributed by atoms with E-state index in [0.29, 0.717) is 18.6 Å². The van der Waals surface area contributed by atoms with Gasteiger partial charge in [0.1, 0.15) is 5.84 Å². The van der Waals surface area contributed by atoms with Gasteiger partial charge in [-0.05, 0) is 38.3 Å². The van der Waals surface area contributed by atoms with Gasteiger partial charge in [0.2, 0.25) is 0 Å². The number of aryl methyl sites for hydroxylation is 1. The van der Waals surface area contributed by atoms with Crippen molar-refractivity contribution in [1.29, 1.82) is 0 Å². The normalized spacial score (nSPS) is 25.7. The molecule has 2 heterocycles. The van der Waals surface area contributed by atoms with Gasteiger partial charge in [-0.1, -0.05) is 18.2 Å². The number of halogens is 3. The van der Waals surface area contributed by atoms with Crippen LogP contribution in [0.3, 0.4) is 0 Å². The first kappa shape index (κ1) is 19.3. The summed E-state index contributed by atoms with van der Waals surface area (Å²) in [6, 6.07) is 6.20. The molecule has 0 bridgehead atoms. The van der Waals surface area contributed by atoms with Crippen LogP contribution < -0.4 is 5.32 Å². The number of alkyl halides is 3. The number of hydrogen-bond acceptors (Lipinski definition) is 4. The second kappa shape index (κ2) is 6.95. The third kappa shape index (κ3) is 3.43. The molecule has 3 rings (SSSR count). The summed E-state index contributed by atoms with van der Waals surface area (Å²) in [5, 5.41) is 1.84. The van der Waals surface area contributed by atoms with Crippen LogP contribution in [0.2, 0.25) is 0 Å². The van der Waals surface area contributed by atoms with E-state index in [1.54, 1.807) is 19.1 Å². The van der Waals surface area contributed by atoms with E-state index in [0.717, 1.165) is 11.3 Å². The number of nitrogens with zero attached hydrogens (tertiary/aromatic N) is 2. The van der Waals surface area contributed by atoms with Crippen molar-refractivity contribution in [2.75, 3.05) is 13.2 Å². The molecule has 1 aromatic carbocycles. The van der Waals surface area contributed by atoms with Gasteiger partial charge in [-0.2, -0.15) is 13.2 Å². The number of rotatable bonds is 4. The highest BCUT2D eigenvalue weighted by atomic mass is 19.4. The van der Waals surface area contributed by atoms with Crippen LogP contribution in [0, 0.1) is 6.92 Å². The van der Waals surface area contributed by atoms with Gasteiger partial charge in [-0.25, -0.2) is 4.99 Å². The summed E-state index contributed by atoms with van der Waals surface area (Å²) in [5.74, 6) is -2.42. The van der Waals surface area contributed by atoms with Crippen molar-refractivity contribution in [2.24, 2.45) is 4.99 Å². The summed E-state index contributed by atoms with van der Waals surface area (Å²) in [6.45, 7) is 3.41. The average Bonchev–Trinajstić information content (AvgIpc) is 3.18. The zero-order valence-electron chi connectivity index (χ0n) is 15.0. The Hall–Kier alpha value is -2.42. The minimum atomic E-state index is -5.09. The predicted molar refractivity (Wildman–Crippen MR) is 91.2 cm³/mol. The third-order valence-corrected chi connectivity index (χ3v) is 4.78. The molecule has 146 valence electrons. The monoisotopic (exact) mass is 383 g/mol. The van der Waals surface area contributed by atoms with Gasteiger partial charge >= 0.3 is 11.8 Å². The number of nitrogens with one attached hydrogen (secondary N) is 1. The summed E-state index contributed by atoms with van der Waals surface area (Å²) in [6.07, 6.45) is -3.98. The first-order chi connectivity index (χ1) is 12.7. The van der Waals surface area contributed by atoms with Crippen LogP contribution in [0.25, 0.3) is 0 Å². The van der Waals surface area contributed by atoms with Gasteiger partial charge < -0.3 is 10.1 Å². The molecule has 0 radical (unpaired) electrons. The number of amidine groups is 1. The van der Waals surface area contributed by atoms with Crippen molar-refractivity contribution in [3.8, 4) is 0 Å². The van der Waals surface area contributed by atoms with E-state index < -0.39 is 23.7 Å². The topological polar surface area (TPSA) is 71.0 Å². The number of aliphatic imine (C=N–C) groups is 1. The van der Waals surface area contributed by atoms with E-state index in [2.05, 4.69) is 4.99 Å². The van der Waals surface area contributed by atoms with Crippen LogP contribution >= 0.6 is 0 Å². The van der Waals surface area contributed by atoms with Crippen LogP contribution in [0.5, 0.6) is 0 Å². The Kier molecular flexibility index (Phi) is 4.98. The molecular formula is C18H20F3N3O3. The summed E-state index contributed by atoms with van der Waals surface area (Å²) in [4.78, 5) is 29.8. The molecule has 2 amide bonds. The first-order valence-corrected chi connectivity index (χ1v) is 8.60. The Balaban J connectivity index is 1.91. The van der Waals surface area contributed by atoms with E-state index in [1.165, 1.54) is 19.1 Å². The second-order valence-electron chi connectivity index (χ2n) is 6.69. The Morgan fingerprint density at radius 2 is 2.07 bits per heavy atom. The molecule has 1 fully saturated rings. The standard InChI is InChI=1S/C18H20F3N3O3/c1-11-6-3-4-8-14(11)15(25)23-17(18(19,20)21)16(26)24(12(2)22-17)10-13-7-5-9-27-13/h3-4,6,8,13H,5,7,9-10H2,1-2H3,(H,23,25). The number of amides is 2. The minimum Gasteiger partial charge on any atom is -0.376 e. The summed E-state index contributed by atoms with van der Waals surface area (Å²) < 4.78 is 47.1. The number of benzene rings is 1. The fraction of sp³-hybridized carbons (Fsp3) is 0.500. The lowest BCUT2D eigenvalue weighted by Crippen LogP contribution is -2.63. The molecule has 9 heteroatoms. The van der Waals surface area contributed by atoms with Crippen molar-refractivity contribution in [2.45, 2.75) is 44.6 Å². The molecule has 2 aliphatic heterocycles. The largest absolute Gasteiger partial charge is 0.442 e. The minimum absolute atomic E-state index is 0.0216. The van der Waals surface area contributed by atoms with E-state index in [9.17, 15) is 22.8 Å². The van der Waals surface area contributed by atoms with E-state index in [-0.39, 0.29) is 24.0 Å². The highest BCUT2D eigenvalue weighted by Crippen LogP contribution is 2.38. The smallest absolute Gasteiger partial charge is 0.376 e. The van der Waals surface area contributed by atoms with Crippen molar-refractivity contribution >= 4 is 17.6 Å². The molecule has 6 nitrogen and oxygen atoms in total. The lowest BCUT2D eigenvalue weighted by Gasteiger charge is -2.30. The zero-order chi connectivity index (χ0) is 19.8. The number of carbonyl (C=O) groups excluding carboxylic acids is 2. The highest BCUT2D eigenvalue weighted by Gasteiger charge is 2.66. The molecule has 27 heavy (non-hydrogen) atoms. The van der Waals surface area contributed by atoms with Crippen molar-refractivity contribution in [1.82, 2.24) is 10.2 Å². The predicted octanol–water partition coefficient (Wildman–Crippen LogP) is 2.42. The lowest BCUT2D eigenvalue weighted by molar-refractivity contribution is -0.196. The van der Waals surface area contributed by atoms with E-state index >= 15 is 0 Å². The average molecular weight is 383 g/mol. The SMILES string of the molecule is CC1=NC(NC(=O)c2ccccc2C)(C(F)(F)F)C(=O)N1CC1CCCO1. The Bertz CT molecular complexity index is 788. The van der Waals surface area contributed by atoms with Crippen molar-refractivity contribution < 1.29 is 27.5 Å². The summed E-state index contributed by atoms with van der Waals surface area (Å²) >= 11 is 0. The first-order valence-electron chi connectivity index (χ1n) is 8.60. The van der Waals surface area contributed by atoms with E-state index in [4.69, 9.17) is 4.74 Å². The zero-order valence-corrected chi connectivity index (χ0v) is 15.0. The maximum Gasteiger partial charge on any atom is 0.442 e. The Labute approximate surface area is 154 Å². The highest BCUT2D eigenvalue weighted by molar-refractivity contribution is 6.10. The van der Waals surface area contributed by atoms with Crippen LogP contribution in [-0.4, -0.2) is 53.6 Å². The molecule has 0 saturated carbocycles. The van der Waals surface area contributed by atoms with Crippen LogP contribution in [0.4, 0.5) is 13.2 Å². The van der Waals surface area contributed by atoms with Gasteiger partial charge in [0.25, 0.3) is 11.8 Å². The quantitative estimate of drug-likeness (QED) is 0.868. The molecule has 2 atom stereocenters. The molecule has 0 spiro atoms. The molecule has 2 aliphatic rings. The van der Waals surface area contributed by atoms with Crippen LogP contribution in [0.15, 0.2) is 29.3 Å². The molecule has 1 aromatic rings. The van der Waals surface area contributed by atoms with E-state index in [1.807, 2.05) is 5.32 Å². The Morgan fingerprint density at radius 3 is 2.67 bits per heavy atom. The van der Waals surface area contributed by atoms with Gasteiger partial charge in [0, 0.05) is 12.2 Å². The van der Waals surface area contributed by atoms with Gasteiger partial charge in [0.05, 0.1) is 12.6 Å². The maximum absolute atomic E-state index is 13.9. The maximum atomic E-state index is 13.9. The van der Waals surface area contributed by atoms with Gasteiger partial charge in [-0.15, -0.1) is 0 Å². The molecule has 0 aromatic heterocycles. The van der Waals surface area contributed by atoms with Gasteiger partial charge in [0.15, 0.2) is 0 Å². The summed E-state index contributed by atoms with van der Waals surface area (Å²) in [7, 11) is 0. The molecule has 2 unspecified atom stereocenters. The molecule has 0 aliphatic carbocycles. The summed E-state index contributed by atoms with van der Waals surface area (Å²) in [5.41, 5.74) is -2.77. The fourth-order valence-electron chi connectivity index (χ4n) is 3.30. The van der Waals surface area contributed by atoms with Crippen molar-refractivity contribution in [3.05, 3.63) is 35.4 Å². The fourth-order valence-corrected chi connectivity index (χ4v) is 3.30. The number of hydrogen-bond donors (Lipinski definition) is 1. The molecule has 1 saturated heterocycles. The third-order valence-electron chi connectivity index (χ3n) is 4.78. The number of carbonyl (C=O) groups is 2. The van der Waals surface area contributed by atoms with Crippen LogP contribution in [-0.2, 0) is 9.53 Å². The Morgan fingerprint density at radius 1 is 1.37 bits per heavy atom. The second-order valence-corrected chi connectivity index (χ2v) is 6.69. The number of ether oxygens (including phenoxy) is 1. The van der Waals surface area contributed by atoms with Crippen molar-refractivity contribution in [3.63, 3.8) is 0 Å². The van der Waals surface area contributed by atoms with Gasteiger partial charge in [-0.3, -0.25) is 14.5 Å². The molecular weight excluding hydrogens is 363 g/mol.